The van der Waals surface area contributed by atoms with Gasteiger partial charge in [0.2, 0.25) is 5.91 Å². The van der Waals surface area contributed by atoms with E-state index in [1.165, 1.54) is 38.2 Å². The van der Waals surface area contributed by atoms with E-state index in [-0.39, 0.29) is 24.2 Å². The van der Waals surface area contributed by atoms with Gasteiger partial charge in [0, 0.05) is 67.8 Å². The summed E-state index contributed by atoms with van der Waals surface area (Å²) in [5.74, 6) is 0.765. The lowest BCUT2D eigenvalue weighted by Crippen LogP contribution is -2.45. The van der Waals surface area contributed by atoms with Crippen LogP contribution in [0.4, 0.5) is 4.39 Å². The van der Waals surface area contributed by atoms with Crippen molar-refractivity contribution in [3.05, 3.63) is 48.0 Å². The number of amides is 1. The second kappa shape index (κ2) is 12.5. The molecule has 7 heteroatoms. The Balaban J connectivity index is 1.26. The number of hydrogen-bond acceptors (Lipinski definition) is 5. The Labute approximate surface area is 208 Å². The summed E-state index contributed by atoms with van der Waals surface area (Å²) < 4.78 is 20.6. The molecule has 1 atom stereocenters. The number of rotatable bonds is 9. The fourth-order valence-electron chi connectivity index (χ4n) is 5.09. The van der Waals surface area contributed by atoms with E-state index in [2.05, 4.69) is 34.1 Å². The molecule has 2 aliphatic rings. The van der Waals surface area contributed by atoms with Crippen molar-refractivity contribution in [2.45, 2.75) is 51.5 Å². The van der Waals surface area contributed by atoms with E-state index in [0.717, 1.165) is 32.7 Å². The molecule has 0 bridgehead atoms. The minimum Gasteiger partial charge on any atom is -0.492 e. The molecule has 1 aliphatic carbocycles. The molecule has 1 aromatic heterocycles. The van der Waals surface area contributed by atoms with Gasteiger partial charge in [-0.3, -0.25) is 14.7 Å². The number of nitrogens with zero attached hydrogens (tertiary/aromatic N) is 3. The number of benzene rings is 1. The lowest BCUT2D eigenvalue weighted by atomic mass is 9.84. The summed E-state index contributed by atoms with van der Waals surface area (Å²) >= 11 is 0. The first-order valence-corrected chi connectivity index (χ1v) is 13.1. The number of aromatic nitrogens is 1. The van der Waals surface area contributed by atoms with Crippen molar-refractivity contribution >= 4 is 5.91 Å². The highest BCUT2D eigenvalue weighted by molar-refractivity contribution is 5.78. The van der Waals surface area contributed by atoms with Crippen molar-refractivity contribution in [3.8, 4) is 16.9 Å². The van der Waals surface area contributed by atoms with Crippen LogP contribution in [-0.4, -0.2) is 73.1 Å². The molecule has 0 radical (unpaired) electrons. The standard InChI is InChI=1S/C28H39FN4O2/c1-21(22-6-4-3-5-7-22)31-28(34)18-24-9-8-23(20-30-24)26-11-10-25(19-27(26)29)35-17-16-33-14-12-32(2)13-15-33/h8-11,19-22H,3-7,12-18H2,1-2H3,(H,31,34)/t21-/m0/s1. The predicted octanol–water partition coefficient (Wildman–Crippen LogP) is 4.14. The summed E-state index contributed by atoms with van der Waals surface area (Å²) in [7, 11) is 2.14. The van der Waals surface area contributed by atoms with E-state index in [0.29, 0.717) is 35.1 Å². The molecule has 2 fully saturated rings. The molecule has 4 rings (SSSR count). The Morgan fingerprint density at radius 2 is 1.91 bits per heavy atom. The van der Waals surface area contributed by atoms with Crippen molar-refractivity contribution in [3.63, 3.8) is 0 Å². The number of pyridine rings is 1. The van der Waals surface area contributed by atoms with E-state index >= 15 is 0 Å². The molecule has 0 spiro atoms. The van der Waals surface area contributed by atoms with Gasteiger partial charge in [0.1, 0.15) is 18.2 Å². The molecule has 1 saturated carbocycles. The highest BCUT2D eigenvalue weighted by Crippen LogP contribution is 2.27. The smallest absolute Gasteiger partial charge is 0.226 e. The summed E-state index contributed by atoms with van der Waals surface area (Å²) in [6.45, 7) is 7.71. The zero-order valence-corrected chi connectivity index (χ0v) is 21.1. The first-order valence-electron chi connectivity index (χ1n) is 13.1. The molecule has 2 aromatic rings. The highest BCUT2D eigenvalue weighted by atomic mass is 19.1. The SMILES string of the molecule is C[C@H](NC(=O)Cc1ccc(-c2ccc(OCCN3CCN(C)CC3)cc2F)cn1)C1CCCCC1. The minimum atomic E-state index is -0.337. The molecular weight excluding hydrogens is 443 g/mol. The van der Waals surface area contributed by atoms with Gasteiger partial charge in [-0.05, 0) is 50.9 Å². The Hall–Kier alpha value is -2.51. The molecular formula is C28H39FN4O2. The minimum absolute atomic E-state index is 0.00687. The lowest BCUT2D eigenvalue weighted by Gasteiger charge is -2.32. The number of carbonyl (C=O) groups is 1. The van der Waals surface area contributed by atoms with Crippen LogP contribution in [-0.2, 0) is 11.2 Å². The van der Waals surface area contributed by atoms with Crippen molar-refractivity contribution in [1.29, 1.82) is 0 Å². The summed E-state index contributed by atoms with van der Waals surface area (Å²) in [5.41, 5.74) is 1.85. The van der Waals surface area contributed by atoms with Gasteiger partial charge in [0.25, 0.3) is 0 Å². The Bertz CT molecular complexity index is 954. The van der Waals surface area contributed by atoms with Crippen molar-refractivity contribution < 1.29 is 13.9 Å². The van der Waals surface area contributed by atoms with Crippen LogP contribution in [0.25, 0.3) is 11.1 Å². The molecule has 35 heavy (non-hydrogen) atoms. The monoisotopic (exact) mass is 482 g/mol. The molecule has 6 nitrogen and oxygen atoms in total. The molecule has 190 valence electrons. The molecule has 0 unspecified atom stereocenters. The number of ether oxygens (including phenoxy) is 1. The van der Waals surface area contributed by atoms with Gasteiger partial charge >= 0.3 is 0 Å². The first-order chi connectivity index (χ1) is 17.0. The molecule has 2 heterocycles. The fourth-order valence-corrected chi connectivity index (χ4v) is 5.09. The van der Waals surface area contributed by atoms with Crippen LogP contribution in [0, 0.1) is 11.7 Å². The van der Waals surface area contributed by atoms with Gasteiger partial charge < -0.3 is 15.0 Å². The number of likely N-dealkylation sites (N-methyl/N-ethyl adjacent to an activating group) is 1. The molecule has 1 N–H and O–H groups in total. The molecule has 1 saturated heterocycles. The Kier molecular flexibility index (Phi) is 9.10. The third kappa shape index (κ3) is 7.48. The van der Waals surface area contributed by atoms with Gasteiger partial charge in [0.05, 0.1) is 6.42 Å². The van der Waals surface area contributed by atoms with Gasteiger partial charge in [-0.15, -0.1) is 0 Å². The first kappa shape index (κ1) is 25.6. The fraction of sp³-hybridized carbons (Fsp3) is 0.571. The zero-order valence-electron chi connectivity index (χ0n) is 21.1. The average Bonchev–Trinajstić information content (AvgIpc) is 2.86. The molecule has 1 aromatic carbocycles. The average molecular weight is 483 g/mol. The van der Waals surface area contributed by atoms with Crippen LogP contribution >= 0.6 is 0 Å². The summed E-state index contributed by atoms with van der Waals surface area (Å²) in [6, 6.07) is 8.80. The van der Waals surface area contributed by atoms with E-state index in [4.69, 9.17) is 4.74 Å². The third-order valence-electron chi connectivity index (χ3n) is 7.44. The maximum Gasteiger partial charge on any atom is 0.226 e. The maximum absolute atomic E-state index is 14.8. The van der Waals surface area contributed by atoms with Crippen molar-refractivity contribution in [1.82, 2.24) is 20.1 Å². The maximum atomic E-state index is 14.8. The second-order valence-electron chi connectivity index (χ2n) is 10.1. The Morgan fingerprint density at radius 1 is 1.14 bits per heavy atom. The van der Waals surface area contributed by atoms with E-state index < -0.39 is 0 Å². The van der Waals surface area contributed by atoms with Crippen molar-refractivity contribution in [2.24, 2.45) is 5.92 Å². The van der Waals surface area contributed by atoms with E-state index in [9.17, 15) is 9.18 Å². The van der Waals surface area contributed by atoms with Gasteiger partial charge in [-0.25, -0.2) is 4.39 Å². The number of nitrogens with one attached hydrogen (secondary N) is 1. The quantitative estimate of drug-likeness (QED) is 0.582. The summed E-state index contributed by atoms with van der Waals surface area (Å²) in [4.78, 5) is 21.6. The van der Waals surface area contributed by atoms with Crippen LogP contribution in [0.1, 0.15) is 44.7 Å². The lowest BCUT2D eigenvalue weighted by molar-refractivity contribution is -0.121. The molecule has 1 amide bonds. The van der Waals surface area contributed by atoms with Crippen LogP contribution in [0.2, 0.25) is 0 Å². The molecule has 1 aliphatic heterocycles. The van der Waals surface area contributed by atoms with E-state index in [1.54, 1.807) is 24.4 Å². The van der Waals surface area contributed by atoms with Gasteiger partial charge in [-0.2, -0.15) is 0 Å². The second-order valence-corrected chi connectivity index (χ2v) is 10.1. The van der Waals surface area contributed by atoms with Crippen LogP contribution in [0.3, 0.4) is 0 Å². The van der Waals surface area contributed by atoms with Gasteiger partial charge in [-0.1, -0.05) is 25.3 Å². The number of carbonyl (C=O) groups excluding carboxylic acids is 1. The number of halogens is 1. The van der Waals surface area contributed by atoms with Crippen molar-refractivity contribution in [2.75, 3.05) is 46.4 Å². The third-order valence-corrected chi connectivity index (χ3v) is 7.44. The van der Waals surface area contributed by atoms with Crippen LogP contribution < -0.4 is 10.1 Å². The topological polar surface area (TPSA) is 57.7 Å². The van der Waals surface area contributed by atoms with E-state index in [1.807, 2.05) is 6.07 Å². The predicted molar refractivity (Wildman–Crippen MR) is 137 cm³/mol. The van der Waals surface area contributed by atoms with Crippen LogP contribution in [0.5, 0.6) is 5.75 Å². The normalized spacial score (nSPS) is 18.8. The number of hydrogen-bond donors (Lipinski definition) is 1. The Morgan fingerprint density at radius 3 is 2.60 bits per heavy atom. The van der Waals surface area contributed by atoms with Gasteiger partial charge in [0.15, 0.2) is 0 Å². The zero-order chi connectivity index (χ0) is 24.6. The summed E-state index contributed by atoms with van der Waals surface area (Å²) in [5, 5.41) is 3.14. The largest absolute Gasteiger partial charge is 0.492 e. The number of piperazine rings is 1. The van der Waals surface area contributed by atoms with Crippen LogP contribution in [0.15, 0.2) is 36.5 Å². The highest BCUT2D eigenvalue weighted by Gasteiger charge is 2.21. The summed E-state index contributed by atoms with van der Waals surface area (Å²) in [6.07, 6.45) is 8.09.